The summed E-state index contributed by atoms with van der Waals surface area (Å²) < 4.78 is 37.4. The Hall–Kier alpha value is -2.48. The Morgan fingerprint density at radius 3 is 2.20 bits per heavy atom. The Kier molecular flexibility index (Phi) is 7.05. The van der Waals surface area contributed by atoms with Crippen molar-refractivity contribution in [1.82, 2.24) is 15.3 Å². The van der Waals surface area contributed by atoms with Crippen LogP contribution in [0.15, 0.2) is 42.7 Å². The highest BCUT2D eigenvalue weighted by Crippen LogP contribution is 2.27. The minimum Gasteiger partial charge on any atom is -0.346 e. The summed E-state index contributed by atoms with van der Waals surface area (Å²) >= 11 is 0. The third-order valence-corrected chi connectivity index (χ3v) is 2.47. The molecule has 25 heavy (non-hydrogen) atoms. The third kappa shape index (κ3) is 8.80. The Labute approximate surface area is 144 Å². The van der Waals surface area contributed by atoms with Gasteiger partial charge in [0, 0.05) is 23.5 Å². The molecule has 0 saturated carbocycles. The van der Waals surface area contributed by atoms with E-state index in [1.165, 1.54) is 36.7 Å². The maximum Gasteiger partial charge on any atom is 0.433 e. The highest BCUT2D eigenvalue weighted by atomic mass is 19.4. The number of rotatable bonds is 3. The first-order chi connectivity index (χ1) is 11.5. The molecule has 5 nitrogen and oxygen atoms in total. The summed E-state index contributed by atoms with van der Waals surface area (Å²) in [6, 6.07) is 6.57. The monoisotopic (exact) mass is 354 g/mol. The number of amides is 1. The molecule has 2 rings (SSSR count). The van der Waals surface area contributed by atoms with E-state index in [4.69, 9.17) is 5.73 Å². The van der Waals surface area contributed by atoms with Crippen LogP contribution in [0.5, 0.6) is 0 Å². The maximum atomic E-state index is 12.5. The molecule has 0 spiro atoms. The van der Waals surface area contributed by atoms with E-state index >= 15 is 0 Å². The van der Waals surface area contributed by atoms with Gasteiger partial charge in [0.25, 0.3) is 5.91 Å². The van der Waals surface area contributed by atoms with Crippen LogP contribution in [0.25, 0.3) is 0 Å². The molecular formula is C17H21F3N4O. The van der Waals surface area contributed by atoms with Crippen LogP contribution in [0.4, 0.5) is 13.2 Å². The average Bonchev–Trinajstić information content (AvgIpc) is 2.51. The third-order valence-electron chi connectivity index (χ3n) is 2.47. The van der Waals surface area contributed by atoms with Gasteiger partial charge in [-0.05, 0) is 45.0 Å². The molecule has 0 aromatic carbocycles. The molecule has 2 aromatic rings. The second kappa shape index (κ2) is 8.57. The number of hydrogen-bond acceptors (Lipinski definition) is 4. The van der Waals surface area contributed by atoms with Crippen molar-refractivity contribution < 1.29 is 18.0 Å². The lowest BCUT2D eigenvalue weighted by molar-refractivity contribution is -0.141. The van der Waals surface area contributed by atoms with Crippen molar-refractivity contribution in [2.24, 2.45) is 5.73 Å². The van der Waals surface area contributed by atoms with Gasteiger partial charge >= 0.3 is 6.18 Å². The van der Waals surface area contributed by atoms with Crippen molar-refractivity contribution in [2.75, 3.05) is 0 Å². The summed E-state index contributed by atoms with van der Waals surface area (Å²) in [5.74, 6) is -0.397. The lowest BCUT2D eigenvalue weighted by atomic mass is 10.1. The summed E-state index contributed by atoms with van der Waals surface area (Å²) in [5, 5.41) is 2.50. The molecule has 0 saturated heterocycles. The molecule has 2 heterocycles. The van der Waals surface area contributed by atoms with Crippen molar-refractivity contribution in [2.45, 2.75) is 39.0 Å². The molecule has 0 atom stereocenters. The van der Waals surface area contributed by atoms with E-state index in [2.05, 4.69) is 15.3 Å². The van der Waals surface area contributed by atoms with Gasteiger partial charge in [0.1, 0.15) is 5.69 Å². The van der Waals surface area contributed by atoms with Crippen LogP contribution < -0.4 is 11.1 Å². The van der Waals surface area contributed by atoms with Crippen LogP contribution in [0, 0.1) is 0 Å². The summed E-state index contributed by atoms with van der Waals surface area (Å²) in [6.07, 6.45) is -1.58. The first-order valence-electron chi connectivity index (χ1n) is 7.47. The summed E-state index contributed by atoms with van der Waals surface area (Å²) in [6.45, 7) is 5.82. The fourth-order valence-electron chi connectivity index (χ4n) is 1.51. The van der Waals surface area contributed by atoms with Crippen molar-refractivity contribution >= 4 is 5.91 Å². The van der Waals surface area contributed by atoms with Gasteiger partial charge in [0.2, 0.25) is 0 Å². The minimum atomic E-state index is -4.49. The number of aromatic nitrogens is 2. The Bertz CT molecular complexity index is 676. The number of nitrogens with one attached hydrogen (secondary N) is 1. The number of hydrogen-bond donors (Lipinski definition) is 2. The molecular weight excluding hydrogens is 333 g/mol. The predicted molar refractivity (Wildman–Crippen MR) is 88.6 cm³/mol. The van der Waals surface area contributed by atoms with Crippen LogP contribution >= 0.6 is 0 Å². The van der Waals surface area contributed by atoms with Gasteiger partial charge in [0.05, 0.1) is 12.2 Å². The van der Waals surface area contributed by atoms with Crippen molar-refractivity contribution in [3.63, 3.8) is 0 Å². The zero-order chi connectivity index (χ0) is 19.1. The van der Waals surface area contributed by atoms with Crippen molar-refractivity contribution in [1.29, 1.82) is 0 Å². The first kappa shape index (κ1) is 20.6. The Morgan fingerprint density at radius 2 is 1.68 bits per heavy atom. The first-order valence-corrected chi connectivity index (χ1v) is 7.47. The smallest absolute Gasteiger partial charge is 0.346 e. The SMILES string of the molecule is CC(C)(C)N.O=C(NCc1cccc(C(F)(F)F)n1)c1ccncc1. The molecule has 0 aliphatic rings. The standard InChI is InChI=1S/C13H10F3N3O.C4H11N/c14-13(15,16)11-3-1-2-10(19-11)8-18-12(20)9-4-6-17-7-5-9;1-4(2,3)5/h1-7H,8H2,(H,18,20);5H2,1-3H3. The van der Waals surface area contributed by atoms with E-state index in [9.17, 15) is 18.0 Å². The highest BCUT2D eigenvalue weighted by molar-refractivity contribution is 5.93. The molecule has 0 aliphatic carbocycles. The normalized spacial score (nSPS) is 11.3. The molecule has 136 valence electrons. The predicted octanol–water partition coefficient (Wildman–Crippen LogP) is 3.17. The average molecular weight is 354 g/mol. The largest absolute Gasteiger partial charge is 0.433 e. The van der Waals surface area contributed by atoms with E-state index in [1.807, 2.05) is 20.8 Å². The minimum absolute atomic E-state index is 0. The van der Waals surface area contributed by atoms with Gasteiger partial charge in [-0.1, -0.05) is 6.07 Å². The van der Waals surface area contributed by atoms with Crippen LogP contribution in [0.2, 0.25) is 0 Å². The zero-order valence-corrected chi connectivity index (χ0v) is 14.3. The molecule has 0 radical (unpaired) electrons. The fourth-order valence-corrected chi connectivity index (χ4v) is 1.51. The number of pyridine rings is 2. The van der Waals surface area contributed by atoms with Gasteiger partial charge in [-0.3, -0.25) is 9.78 Å². The molecule has 2 aromatic heterocycles. The number of carbonyl (C=O) groups excluding carboxylic acids is 1. The molecule has 0 bridgehead atoms. The van der Waals surface area contributed by atoms with Crippen molar-refractivity contribution in [3.8, 4) is 0 Å². The summed E-state index contributed by atoms with van der Waals surface area (Å²) in [5.41, 5.74) is 4.90. The lowest BCUT2D eigenvalue weighted by Gasteiger charge is -2.08. The maximum absolute atomic E-state index is 12.5. The summed E-state index contributed by atoms with van der Waals surface area (Å²) in [7, 11) is 0. The number of carbonyl (C=O) groups is 1. The Morgan fingerprint density at radius 1 is 1.12 bits per heavy atom. The van der Waals surface area contributed by atoms with Gasteiger partial charge < -0.3 is 11.1 Å². The number of nitrogens with zero attached hydrogens (tertiary/aromatic N) is 2. The second-order valence-corrected chi connectivity index (χ2v) is 6.30. The van der Waals surface area contributed by atoms with E-state index < -0.39 is 17.8 Å². The van der Waals surface area contributed by atoms with Crippen LogP contribution in [0.3, 0.4) is 0 Å². The fraction of sp³-hybridized carbons (Fsp3) is 0.353. The summed E-state index contributed by atoms with van der Waals surface area (Å²) in [4.78, 5) is 18.9. The van der Waals surface area contributed by atoms with Crippen LogP contribution in [0.1, 0.15) is 42.5 Å². The number of halogens is 3. The van der Waals surface area contributed by atoms with Gasteiger partial charge in [-0.15, -0.1) is 0 Å². The molecule has 0 fully saturated rings. The van der Waals surface area contributed by atoms with Crippen LogP contribution in [-0.4, -0.2) is 21.4 Å². The quantitative estimate of drug-likeness (QED) is 0.887. The molecule has 8 heteroatoms. The van der Waals surface area contributed by atoms with E-state index in [0.29, 0.717) is 5.56 Å². The number of nitrogens with two attached hydrogens (primary N) is 1. The molecule has 1 amide bonds. The van der Waals surface area contributed by atoms with E-state index in [-0.39, 0.29) is 17.8 Å². The highest BCUT2D eigenvalue weighted by Gasteiger charge is 2.32. The molecule has 3 N–H and O–H groups in total. The van der Waals surface area contributed by atoms with Gasteiger partial charge in [0.15, 0.2) is 0 Å². The van der Waals surface area contributed by atoms with E-state index in [1.54, 1.807) is 0 Å². The van der Waals surface area contributed by atoms with Gasteiger partial charge in [-0.25, -0.2) is 4.98 Å². The Balaban J connectivity index is 0.000000550. The zero-order valence-electron chi connectivity index (χ0n) is 14.3. The van der Waals surface area contributed by atoms with Crippen LogP contribution in [-0.2, 0) is 12.7 Å². The lowest BCUT2D eigenvalue weighted by Crippen LogP contribution is -2.26. The van der Waals surface area contributed by atoms with E-state index in [0.717, 1.165) is 6.07 Å². The second-order valence-electron chi connectivity index (χ2n) is 6.30. The van der Waals surface area contributed by atoms with Gasteiger partial charge in [-0.2, -0.15) is 13.2 Å². The van der Waals surface area contributed by atoms with Crippen molar-refractivity contribution in [3.05, 3.63) is 59.7 Å². The number of alkyl halides is 3. The molecule has 0 unspecified atom stereocenters. The molecule has 0 aliphatic heterocycles. The topological polar surface area (TPSA) is 80.9 Å².